The van der Waals surface area contributed by atoms with Gasteiger partial charge in [0.2, 0.25) is 5.91 Å². The highest BCUT2D eigenvalue weighted by Crippen LogP contribution is 2.35. The van der Waals surface area contributed by atoms with Gasteiger partial charge >= 0.3 is 0 Å². The molecule has 1 atom stereocenters. The van der Waals surface area contributed by atoms with Crippen LogP contribution >= 0.6 is 11.5 Å². The molecule has 0 radical (unpaired) electrons. The van der Waals surface area contributed by atoms with Crippen molar-refractivity contribution < 1.29 is 18.8 Å². The average molecular weight is 628 g/mol. The number of nitrogens with zero attached hydrogens (tertiary/aromatic N) is 2. The summed E-state index contributed by atoms with van der Waals surface area (Å²) < 4.78 is 18.3. The minimum atomic E-state index is -1.17. The summed E-state index contributed by atoms with van der Waals surface area (Å²) in [5, 5.41) is 6.00. The number of nitrogens with two attached hydrogens (primary N) is 1. The first-order chi connectivity index (χ1) is 21.7. The maximum atomic E-state index is 14.5. The molecule has 1 fully saturated rings. The Morgan fingerprint density at radius 1 is 1.00 bits per heavy atom. The van der Waals surface area contributed by atoms with Gasteiger partial charge in [-0.15, -0.1) is 0 Å². The lowest BCUT2D eigenvalue weighted by Gasteiger charge is -2.32. The van der Waals surface area contributed by atoms with Gasteiger partial charge in [-0.3, -0.25) is 19.3 Å². The Hall–Kier alpha value is -4.57. The Labute approximate surface area is 267 Å². The van der Waals surface area contributed by atoms with Crippen LogP contribution in [0.4, 0.5) is 15.8 Å². The summed E-state index contributed by atoms with van der Waals surface area (Å²) in [4.78, 5) is 43.2. The highest BCUT2D eigenvalue weighted by atomic mass is 32.1. The van der Waals surface area contributed by atoms with Crippen LogP contribution in [0.5, 0.6) is 0 Å². The van der Waals surface area contributed by atoms with E-state index in [1.165, 1.54) is 29.2 Å². The van der Waals surface area contributed by atoms with Crippen molar-refractivity contribution in [2.45, 2.75) is 64.5 Å². The number of carbonyl (C=O) groups excluding carboxylic acids is 3. The molecule has 4 N–H and O–H groups in total. The van der Waals surface area contributed by atoms with E-state index in [-0.39, 0.29) is 22.3 Å². The van der Waals surface area contributed by atoms with Crippen molar-refractivity contribution >= 4 is 40.6 Å². The van der Waals surface area contributed by atoms with Gasteiger partial charge in [-0.2, -0.15) is 4.37 Å². The second-order valence-electron chi connectivity index (χ2n) is 11.5. The van der Waals surface area contributed by atoms with Crippen molar-refractivity contribution in [2.24, 2.45) is 0 Å². The number of nitrogens with one attached hydrogen (secondary N) is 2. The number of halogens is 1. The van der Waals surface area contributed by atoms with E-state index in [0.29, 0.717) is 24.2 Å². The lowest BCUT2D eigenvalue weighted by atomic mass is 9.95. The Balaban J connectivity index is 1.52. The zero-order valence-corrected chi connectivity index (χ0v) is 26.3. The molecule has 8 nitrogen and oxygen atoms in total. The van der Waals surface area contributed by atoms with Crippen molar-refractivity contribution in [1.82, 2.24) is 15.0 Å². The third-order valence-corrected chi connectivity index (χ3v) is 9.01. The van der Waals surface area contributed by atoms with Crippen LogP contribution in [0.2, 0.25) is 0 Å². The van der Waals surface area contributed by atoms with Gasteiger partial charge in [0.15, 0.2) is 5.69 Å². The fourth-order valence-corrected chi connectivity index (χ4v) is 6.54. The van der Waals surface area contributed by atoms with E-state index in [4.69, 9.17) is 5.73 Å². The zero-order chi connectivity index (χ0) is 31.9. The third kappa shape index (κ3) is 7.57. The molecule has 0 bridgehead atoms. The minimum absolute atomic E-state index is 0.000136. The second kappa shape index (κ2) is 14.5. The molecular formula is C35H38FN5O3S. The SMILES string of the molecule is Cc1ccc(N(C(=O)c2snc(C(=O)NC3CCCCC3)c2N)[C@@H](C(=O)NCCc2ccccc2)c2ccc(F)cc2)c(C)c1. The summed E-state index contributed by atoms with van der Waals surface area (Å²) in [7, 11) is 0. The molecule has 1 saturated carbocycles. The van der Waals surface area contributed by atoms with Gasteiger partial charge in [0.25, 0.3) is 11.8 Å². The number of hydrogen-bond donors (Lipinski definition) is 3. The Morgan fingerprint density at radius 2 is 1.71 bits per heavy atom. The van der Waals surface area contributed by atoms with Crippen LogP contribution in [0.25, 0.3) is 0 Å². The van der Waals surface area contributed by atoms with Crippen LogP contribution in [0.3, 0.4) is 0 Å². The summed E-state index contributed by atoms with van der Waals surface area (Å²) >= 11 is 0.830. The molecule has 4 aromatic rings. The van der Waals surface area contributed by atoms with Crippen LogP contribution < -0.4 is 21.3 Å². The molecule has 1 aliphatic rings. The van der Waals surface area contributed by atoms with Crippen molar-refractivity contribution in [3.05, 3.63) is 111 Å². The topological polar surface area (TPSA) is 117 Å². The molecule has 1 heterocycles. The van der Waals surface area contributed by atoms with Crippen LogP contribution in [0, 0.1) is 19.7 Å². The van der Waals surface area contributed by atoms with Gasteiger partial charge in [-0.25, -0.2) is 4.39 Å². The lowest BCUT2D eigenvalue weighted by Crippen LogP contribution is -2.45. The molecule has 0 saturated heterocycles. The standard InChI is InChI=1S/C35H38FN5O3S/c1-22-13-18-28(23(2)21-22)41(35(44)32-29(37)30(40-45-32)33(42)39-27-11-7-4-8-12-27)31(25-14-16-26(36)17-15-25)34(43)38-20-19-24-9-5-3-6-10-24/h3,5-6,9-10,13-18,21,27,31H,4,7-8,11-12,19-20,37H2,1-2H3,(H,38,43)(H,39,42)/t31-/m1/s1. The summed E-state index contributed by atoms with van der Waals surface area (Å²) in [5.41, 5.74) is 10.1. The number of hydrogen-bond acceptors (Lipinski definition) is 6. The number of carbonyl (C=O) groups is 3. The number of aromatic nitrogens is 1. The fraction of sp³-hybridized carbons (Fsp3) is 0.314. The molecule has 3 aromatic carbocycles. The number of amides is 3. The van der Waals surface area contributed by atoms with Crippen molar-refractivity contribution in [3.8, 4) is 0 Å². The van der Waals surface area contributed by atoms with Gasteiger partial charge in [-0.05, 0) is 79.5 Å². The van der Waals surface area contributed by atoms with Crippen molar-refractivity contribution in [3.63, 3.8) is 0 Å². The van der Waals surface area contributed by atoms with E-state index in [1.54, 1.807) is 6.07 Å². The number of nitrogen functional groups attached to an aromatic ring is 1. The van der Waals surface area contributed by atoms with Gasteiger partial charge in [0.1, 0.15) is 16.7 Å². The zero-order valence-electron chi connectivity index (χ0n) is 25.5. The maximum absolute atomic E-state index is 14.5. The van der Waals surface area contributed by atoms with Crippen molar-refractivity contribution in [1.29, 1.82) is 0 Å². The highest BCUT2D eigenvalue weighted by molar-refractivity contribution is 7.09. The van der Waals surface area contributed by atoms with Gasteiger partial charge in [-0.1, -0.05) is 79.4 Å². The molecule has 3 amide bonds. The average Bonchev–Trinajstić information content (AvgIpc) is 3.43. The molecule has 0 spiro atoms. The maximum Gasteiger partial charge on any atom is 0.273 e. The first-order valence-electron chi connectivity index (χ1n) is 15.3. The molecule has 10 heteroatoms. The van der Waals surface area contributed by atoms with Gasteiger partial charge < -0.3 is 16.4 Å². The van der Waals surface area contributed by atoms with E-state index in [9.17, 15) is 18.8 Å². The number of rotatable bonds is 10. The third-order valence-electron chi connectivity index (χ3n) is 8.16. The predicted molar refractivity (Wildman–Crippen MR) is 176 cm³/mol. The highest BCUT2D eigenvalue weighted by Gasteiger charge is 2.37. The fourth-order valence-electron chi connectivity index (χ4n) is 5.80. The van der Waals surface area contributed by atoms with Crippen molar-refractivity contribution in [2.75, 3.05) is 17.2 Å². The van der Waals surface area contributed by atoms with Gasteiger partial charge in [0.05, 0.1) is 5.69 Å². The van der Waals surface area contributed by atoms with Crippen LogP contribution in [-0.4, -0.2) is 34.7 Å². The first kappa shape index (κ1) is 31.8. The smallest absolute Gasteiger partial charge is 0.273 e. The Bertz CT molecular complexity index is 1650. The summed E-state index contributed by atoms with van der Waals surface area (Å²) in [5.74, 6) is -1.90. The molecule has 5 rings (SSSR count). The first-order valence-corrected chi connectivity index (χ1v) is 16.0. The molecule has 1 aliphatic carbocycles. The van der Waals surface area contributed by atoms with Crippen LogP contribution in [0.15, 0.2) is 72.8 Å². The molecule has 1 aromatic heterocycles. The number of anilines is 2. The van der Waals surface area contributed by atoms with Crippen LogP contribution in [0.1, 0.15) is 80.6 Å². The Kier molecular flexibility index (Phi) is 10.2. The predicted octanol–water partition coefficient (Wildman–Crippen LogP) is 6.29. The minimum Gasteiger partial charge on any atom is -0.395 e. The van der Waals surface area contributed by atoms with E-state index >= 15 is 0 Å². The molecule has 45 heavy (non-hydrogen) atoms. The Morgan fingerprint density at radius 3 is 2.40 bits per heavy atom. The quantitative estimate of drug-likeness (QED) is 0.191. The van der Waals surface area contributed by atoms with E-state index in [2.05, 4.69) is 15.0 Å². The normalized spacial score (nSPS) is 14.0. The molecular weight excluding hydrogens is 589 g/mol. The molecule has 0 unspecified atom stereocenters. The number of benzene rings is 3. The van der Waals surface area contributed by atoms with E-state index in [1.807, 2.05) is 56.3 Å². The number of aryl methyl sites for hydroxylation is 2. The summed E-state index contributed by atoms with van der Waals surface area (Å²) in [6.07, 6.45) is 5.60. The largest absolute Gasteiger partial charge is 0.395 e. The van der Waals surface area contributed by atoms with E-state index < -0.39 is 29.6 Å². The molecule has 0 aliphatic heterocycles. The van der Waals surface area contributed by atoms with Crippen LogP contribution in [-0.2, 0) is 11.2 Å². The van der Waals surface area contributed by atoms with E-state index in [0.717, 1.165) is 60.3 Å². The summed E-state index contributed by atoms with van der Waals surface area (Å²) in [6.45, 7) is 4.12. The summed E-state index contributed by atoms with van der Waals surface area (Å²) in [6, 6.07) is 19.7. The van der Waals surface area contributed by atoms with Gasteiger partial charge in [0, 0.05) is 18.3 Å². The lowest BCUT2D eigenvalue weighted by molar-refractivity contribution is -0.122. The second-order valence-corrected chi connectivity index (χ2v) is 12.3. The molecule has 234 valence electrons. The monoisotopic (exact) mass is 627 g/mol.